The first-order valence-corrected chi connectivity index (χ1v) is 8.21. The highest BCUT2D eigenvalue weighted by Gasteiger charge is 2.15. The second-order valence-electron chi connectivity index (χ2n) is 5.95. The summed E-state index contributed by atoms with van der Waals surface area (Å²) < 4.78 is 0. The molecule has 116 valence electrons. The van der Waals surface area contributed by atoms with E-state index in [4.69, 9.17) is 0 Å². The zero-order valence-electron chi connectivity index (χ0n) is 13.4. The van der Waals surface area contributed by atoms with Gasteiger partial charge in [0.2, 0.25) is 0 Å². The molecule has 4 nitrogen and oxygen atoms in total. The van der Waals surface area contributed by atoms with Crippen LogP contribution < -0.4 is 10.6 Å². The third kappa shape index (κ3) is 3.56. The summed E-state index contributed by atoms with van der Waals surface area (Å²) in [6, 6.07) is 10.9. The van der Waals surface area contributed by atoms with Gasteiger partial charge in [-0.3, -0.25) is 0 Å². The van der Waals surface area contributed by atoms with Crippen molar-refractivity contribution in [2.45, 2.75) is 52.0 Å². The number of hydrogen-bond donors (Lipinski definition) is 2. The summed E-state index contributed by atoms with van der Waals surface area (Å²) in [6.07, 6.45) is 6.11. The predicted molar refractivity (Wildman–Crippen MR) is 91.8 cm³/mol. The molecular weight excluding hydrogens is 272 g/mol. The molecule has 22 heavy (non-hydrogen) atoms. The van der Waals surface area contributed by atoms with Gasteiger partial charge in [0.05, 0.1) is 0 Å². The Hall–Kier alpha value is -2.10. The quantitative estimate of drug-likeness (QED) is 0.856. The van der Waals surface area contributed by atoms with Crippen LogP contribution in [0, 0.1) is 6.92 Å². The fraction of sp³-hybridized carbons (Fsp3) is 0.444. The molecule has 1 saturated carbocycles. The molecule has 0 spiro atoms. The lowest BCUT2D eigenvalue weighted by molar-refractivity contribution is 0.748. The Morgan fingerprint density at radius 2 is 1.82 bits per heavy atom. The molecule has 0 aliphatic heterocycles. The first-order chi connectivity index (χ1) is 10.7. The molecule has 1 aromatic heterocycles. The van der Waals surface area contributed by atoms with Crippen molar-refractivity contribution in [1.82, 2.24) is 9.97 Å². The van der Waals surface area contributed by atoms with Crippen molar-refractivity contribution < 1.29 is 0 Å². The van der Waals surface area contributed by atoms with Crippen molar-refractivity contribution in [2.75, 3.05) is 10.6 Å². The fourth-order valence-electron chi connectivity index (χ4n) is 3.07. The van der Waals surface area contributed by atoms with Crippen molar-refractivity contribution >= 4 is 17.3 Å². The number of benzene rings is 1. The standard InChI is InChI=1S/C18H24N4/c1-3-14-8-4-7-11-16(14)22-18-12-17(19-13(2)20-18)21-15-9-5-6-10-15/h4,7-8,11-12,15H,3,5-6,9-10H2,1-2H3,(H2,19,20,21,22). The second kappa shape index (κ2) is 6.77. The summed E-state index contributed by atoms with van der Waals surface area (Å²) in [4.78, 5) is 9.04. The Morgan fingerprint density at radius 1 is 1.09 bits per heavy atom. The van der Waals surface area contributed by atoms with Gasteiger partial charge in [-0.2, -0.15) is 0 Å². The summed E-state index contributed by atoms with van der Waals surface area (Å²) in [6.45, 7) is 4.11. The summed E-state index contributed by atoms with van der Waals surface area (Å²) in [7, 11) is 0. The van der Waals surface area contributed by atoms with Crippen molar-refractivity contribution in [2.24, 2.45) is 0 Å². The second-order valence-corrected chi connectivity index (χ2v) is 5.95. The number of para-hydroxylation sites is 1. The molecule has 1 aliphatic carbocycles. The van der Waals surface area contributed by atoms with E-state index in [1.807, 2.05) is 19.1 Å². The predicted octanol–water partition coefficient (Wildman–Crippen LogP) is 4.45. The molecule has 3 rings (SSSR count). The van der Waals surface area contributed by atoms with Crippen LogP contribution in [0.2, 0.25) is 0 Å². The number of nitrogens with zero attached hydrogens (tertiary/aromatic N) is 2. The van der Waals surface area contributed by atoms with Gasteiger partial charge in [0.15, 0.2) is 0 Å². The highest BCUT2D eigenvalue weighted by atomic mass is 15.1. The Labute approximate surface area is 132 Å². The van der Waals surface area contributed by atoms with E-state index in [0.717, 1.165) is 29.6 Å². The van der Waals surface area contributed by atoms with Gasteiger partial charge in [0.25, 0.3) is 0 Å². The molecule has 0 atom stereocenters. The topological polar surface area (TPSA) is 49.8 Å². The van der Waals surface area contributed by atoms with E-state index >= 15 is 0 Å². The summed E-state index contributed by atoms with van der Waals surface area (Å²) in [5.74, 6) is 2.57. The number of aromatic nitrogens is 2. The summed E-state index contributed by atoms with van der Waals surface area (Å²) in [5.41, 5.74) is 2.42. The fourth-order valence-corrected chi connectivity index (χ4v) is 3.07. The van der Waals surface area contributed by atoms with Gasteiger partial charge in [-0.15, -0.1) is 0 Å². The van der Waals surface area contributed by atoms with Crippen molar-refractivity contribution in [3.05, 3.63) is 41.7 Å². The van der Waals surface area contributed by atoms with Crippen LogP contribution in [-0.2, 0) is 6.42 Å². The number of nitrogens with one attached hydrogen (secondary N) is 2. The Kier molecular flexibility index (Phi) is 4.56. The van der Waals surface area contributed by atoms with E-state index in [-0.39, 0.29) is 0 Å². The molecule has 2 N–H and O–H groups in total. The maximum absolute atomic E-state index is 4.52. The van der Waals surface area contributed by atoms with Gasteiger partial charge in [-0.25, -0.2) is 9.97 Å². The normalized spacial score (nSPS) is 15.0. The van der Waals surface area contributed by atoms with Crippen LogP contribution in [0.15, 0.2) is 30.3 Å². The van der Waals surface area contributed by atoms with Gasteiger partial charge in [0, 0.05) is 17.8 Å². The molecule has 1 aliphatic rings. The van der Waals surface area contributed by atoms with E-state index in [2.05, 4.69) is 45.7 Å². The van der Waals surface area contributed by atoms with Crippen LogP contribution in [0.25, 0.3) is 0 Å². The number of rotatable bonds is 5. The zero-order valence-corrected chi connectivity index (χ0v) is 13.4. The molecule has 0 saturated heterocycles. The smallest absolute Gasteiger partial charge is 0.136 e. The lowest BCUT2D eigenvalue weighted by Crippen LogP contribution is -2.16. The minimum absolute atomic E-state index is 0.560. The summed E-state index contributed by atoms with van der Waals surface area (Å²) in [5, 5.41) is 6.98. The maximum atomic E-state index is 4.52. The third-order valence-corrected chi connectivity index (χ3v) is 4.21. The van der Waals surface area contributed by atoms with E-state index in [1.165, 1.54) is 31.2 Å². The van der Waals surface area contributed by atoms with Crippen LogP contribution in [0.4, 0.5) is 17.3 Å². The van der Waals surface area contributed by atoms with E-state index < -0.39 is 0 Å². The Morgan fingerprint density at radius 3 is 2.59 bits per heavy atom. The Bertz CT molecular complexity index is 633. The molecule has 1 aromatic carbocycles. The first-order valence-electron chi connectivity index (χ1n) is 8.21. The maximum Gasteiger partial charge on any atom is 0.136 e. The number of hydrogen-bond acceptors (Lipinski definition) is 4. The van der Waals surface area contributed by atoms with Gasteiger partial charge < -0.3 is 10.6 Å². The van der Waals surface area contributed by atoms with Crippen LogP contribution in [0.1, 0.15) is 44.0 Å². The highest BCUT2D eigenvalue weighted by molar-refractivity contribution is 5.62. The first kappa shape index (κ1) is 14.8. The number of aryl methyl sites for hydroxylation is 2. The molecule has 0 unspecified atom stereocenters. The average Bonchev–Trinajstić information content (AvgIpc) is 3.00. The van der Waals surface area contributed by atoms with Crippen LogP contribution >= 0.6 is 0 Å². The molecule has 0 amide bonds. The van der Waals surface area contributed by atoms with Crippen LogP contribution in [-0.4, -0.2) is 16.0 Å². The van der Waals surface area contributed by atoms with Crippen LogP contribution in [0.3, 0.4) is 0 Å². The molecular formula is C18H24N4. The Balaban J connectivity index is 1.79. The SMILES string of the molecule is CCc1ccccc1Nc1cc(NC2CCCC2)nc(C)n1. The van der Waals surface area contributed by atoms with Crippen LogP contribution in [0.5, 0.6) is 0 Å². The molecule has 1 heterocycles. The number of anilines is 3. The van der Waals surface area contributed by atoms with Crippen molar-refractivity contribution in [3.63, 3.8) is 0 Å². The minimum atomic E-state index is 0.560. The minimum Gasteiger partial charge on any atom is -0.367 e. The largest absolute Gasteiger partial charge is 0.367 e. The van der Waals surface area contributed by atoms with Gasteiger partial charge in [0.1, 0.15) is 17.5 Å². The van der Waals surface area contributed by atoms with E-state index in [9.17, 15) is 0 Å². The molecule has 0 bridgehead atoms. The lowest BCUT2D eigenvalue weighted by atomic mass is 10.1. The zero-order chi connectivity index (χ0) is 15.4. The van der Waals surface area contributed by atoms with Gasteiger partial charge >= 0.3 is 0 Å². The lowest BCUT2D eigenvalue weighted by Gasteiger charge is -2.15. The highest BCUT2D eigenvalue weighted by Crippen LogP contribution is 2.24. The molecule has 4 heteroatoms. The van der Waals surface area contributed by atoms with Crippen molar-refractivity contribution in [1.29, 1.82) is 0 Å². The average molecular weight is 296 g/mol. The molecule has 2 aromatic rings. The van der Waals surface area contributed by atoms with Crippen molar-refractivity contribution in [3.8, 4) is 0 Å². The summed E-state index contributed by atoms with van der Waals surface area (Å²) >= 11 is 0. The molecule has 1 fully saturated rings. The van der Waals surface area contributed by atoms with Gasteiger partial charge in [-0.1, -0.05) is 38.0 Å². The van der Waals surface area contributed by atoms with E-state index in [1.54, 1.807) is 0 Å². The molecule has 0 radical (unpaired) electrons. The van der Waals surface area contributed by atoms with E-state index in [0.29, 0.717) is 6.04 Å². The monoisotopic (exact) mass is 296 g/mol. The third-order valence-electron chi connectivity index (χ3n) is 4.21. The van der Waals surface area contributed by atoms with Gasteiger partial charge in [-0.05, 0) is 37.8 Å².